The van der Waals surface area contributed by atoms with E-state index in [1.807, 2.05) is 35.0 Å². The number of aromatic hydroxyl groups is 1. The number of hydrogen-bond donors (Lipinski definition) is 8. The molecule has 1 aliphatic heterocycles. The monoisotopic (exact) mass is 1100 g/mol. The number of phenols is 1. The number of likely N-dealkylation sites (tertiary alicyclic amines) is 1. The number of rotatable bonds is 15. The topological polar surface area (TPSA) is 259 Å². The molecule has 25 heteroatoms. The number of ether oxygens (including phenoxy) is 1. The highest BCUT2D eigenvalue weighted by Crippen LogP contribution is 2.51. The predicted molar refractivity (Wildman–Crippen MR) is 268 cm³/mol. The zero-order chi connectivity index (χ0) is 55.6. The van der Waals surface area contributed by atoms with Crippen molar-refractivity contribution < 1.29 is 80.6 Å². The molecular weight excluding hydrogens is 1050 g/mol. The number of aliphatic carboxylic acids is 2. The zero-order valence-electron chi connectivity index (χ0n) is 40.2. The second-order valence-corrected chi connectivity index (χ2v) is 19.8. The quantitative estimate of drug-likeness (QED) is 0.0361. The number of nitrogens with zero attached hydrogens (tertiary/aromatic N) is 2. The van der Waals surface area contributed by atoms with E-state index >= 15 is 0 Å². The number of piperidine rings is 1. The number of amides is 2. The first-order valence-corrected chi connectivity index (χ1v) is 24.9. The molecule has 76 heavy (non-hydrogen) atoms. The van der Waals surface area contributed by atoms with Gasteiger partial charge < -0.3 is 55.7 Å². The normalized spacial score (nSPS) is 15.0. The van der Waals surface area contributed by atoms with E-state index < -0.39 is 42.0 Å². The molecule has 3 aromatic carbocycles. The molecule has 6 aromatic rings. The van der Waals surface area contributed by atoms with Crippen LogP contribution in [0, 0.1) is 5.41 Å². The number of pyridine rings is 1. The molecular formula is C51H51F6N5O12S2. The Morgan fingerprint density at radius 3 is 1.92 bits per heavy atom. The third-order valence-corrected chi connectivity index (χ3v) is 14.7. The molecule has 1 spiro atoms. The van der Waals surface area contributed by atoms with E-state index in [1.54, 1.807) is 72.6 Å². The summed E-state index contributed by atoms with van der Waals surface area (Å²) in [6.07, 6.45) is -7.42. The summed E-state index contributed by atoms with van der Waals surface area (Å²) in [5.74, 6) is -6.49. The first-order chi connectivity index (χ1) is 35.8. The minimum Gasteiger partial charge on any atom is -0.506 e. The standard InChI is InChI=1S/C47H49N5O8S2.2C2HF3O2/c1-51(42(56)18-21-52-22-19-46(20-23-52)26-34(27-46)60-45(58)47(59,39-4-2-24-61-39)40-5-3-25-62-40)33-12-8-31(9-13-33)44(57)49-32-10-6-30(7-11-32)28-48-29-38(54)35-14-16-37(53)43-36(35)15-17-41(55)50-43;2*3-2(4,5)1(6)7/h2-17,24-25,34,38,48,53-54,59H,18-23,26-29H2,1H3,(H,49,57)(H,50,55);2*(H,6,7)/t38-;;/m0../s1. The molecule has 3 aromatic heterocycles. The summed E-state index contributed by atoms with van der Waals surface area (Å²) in [6, 6.07) is 27.5. The van der Waals surface area contributed by atoms with E-state index in [9.17, 15) is 60.8 Å². The third-order valence-electron chi connectivity index (χ3n) is 12.7. The van der Waals surface area contributed by atoms with Gasteiger partial charge in [0.15, 0.2) is 0 Å². The molecule has 0 radical (unpaired) electrons. The van der Waals surface area contributed by atoms with Gasteiger partial charge in [0.2, 0.25) is 17.1 Å². The number of carbonyl (C=O) groups excluding carboxylic acids is 3. The molecule has 0 bridgehead atoms. The Bertz CT molecular complexity index is 2950. The van der Waals surface area contributed by atoms with Crippen LogP contribution in [0.2, 0.25) is 0 Å². The average molecular weight is 1100 g/mol. The maximum Gasteiger partial charge on any atom is 0.490 e. The van der Waals surface area contributed by atoms with E-state index in [0.29, 0.717) is 57.2 Å². The van der Waals surface area contributed by atoms with E-state index in [0.717, 1.165) is 44.3 Å². The Morgan fingerprint density at radius 2 is 1.39 bits per heavy atom. The van der Waals surface area contributed by atoms with Gasteiger partial charge in [0.25, 0.3) is 5.91 Å². The van der Waals surface area contributed by atoms with Gasteiger partial charge in [-0.05, 0) is 127 Å². The van der Waals surface area contributed by atoms with Crippen molar-refractivity contribution in [3.05, 3.63) is 145 Å². The van der Waals surface area contributed by atoms with Gasteiger partial charge in [0, 0.05) is 61.5 Å². The molecule has 1 aliphatic carbocycles. The Morgan fingerprint density at radius 1 is 0.829 bits per heavy atom. The Balaban J connectivity index is 0.000000590. The average Bonchev–Trinajstić information content (AvgIpc) is 4.13. The van der Waals surface area contributed by atoms with E-state index in [1.165, 1.54) is 34.8 Å². The number of benzene rings is 3. The number of carboxylic acids is 2. The van der Waals surface area contributed by atoms with Crippen LogP contribution in [0.5, 0.6) is 5.75 Å². The second kappa shape index (κ2) is 24.7. The van der Waals surface area contributed by atoms with Crippen LogP contribution in [-0.4, -0.2) is 117 Å². The Labute approximate surface area is 437 Å². The van der Waals surface area contributed by atoms with Crippen molar-refractivity contribution in [3.63, 3.8) is 0 Å². The summed E-state index contributed by atoms with van der Waals surface area (Å²) in [6.45, 7) is 3.08. The number of alkyl halides is 6. The van der Waals surface area contributed by atoms with Gasteiger partial charge in [-0.25, -0.2) is 14.4 Å². The number of carboxylic acid groups (broad SMARTS) is 2. The number of thiophene rings is 2. The zero-order valence-corrected chi connectivity index (χ0v) is 41.8. The van der Waals surface area contributed by atoms with E-state index in [4.69, 9.17) is 24.5 Å². The van der Waals surface area contributed by atoms with Crippen LogP contribution < -0.4 is 21.1 Å². The lowest BCUT2D eigenvalue weighted by molar-refractivity contribution is -0.193. The van der Waals surface area contributed by atoms with Gasteiger partial charge in [0.1, 0.15) is 11.9 Å². The lowest BCUT2D eigenvalue weighted by Gasteiger charge is -2.51. The van der Waals surface area contributed by atoms with Crippen LogP contribution in [-0.2, 0) is 36.1 Å². The summed E-state index contributed by atoms with van der Waals surface area (Å²) < 4.78 is 69.4. The maximum absolute atomic E-state index is 13.4. The molecule has 1 saturated heterocycles. The summed E-state index contributed by atoms with van der Waals surface area (Å²) >= 11 is 2.67. The van der Waals surface area contributed by atoms with E-state index in [2.05, 4.69) is 20.5 Å². The van der Waals surface area contributed by atoms with Crippen LogP contribution in [0.1, 0.15) is 69.4 Å². The summed E-state index contributed by atoms with van der Waals surface area (Å²) in [7, 11) is 1.74. The number of anilines is 2. The van der Waals surface area contributed by atoms with Crippen molar-refractivity contribution in [3.8, 4) is 5.75 Å². The van der Waals surface area contributed by atoms with Gasteiger partial charge in [-0.3, -0.25) is 14.4 Å². The number of aromatic amines is 1. The van der Waals surface area contributed by atoms with Crippen molar-refractivity contribution in [2.45, 2.75) is 68.8 Å². The lowest BCUT2D eigenvalue weighted by atomic mass is 9.61. The number of halogens is 6. The molecule has 17 nitrogen and oxygen atoms in total. The number of carbonyl (C=O) groups is 5. The van der Waals surface area contributed by atoms with Gasteiger partial charge in [0.05, 0.1) is 21.4 Å². The van der Waals surface area contributed by atoms with Gasteiger partial charge in [-0.15, -0.1) is 22.7 Å². The molecule has 2 aliphatic rings. The maximum atomic E-state index is 13.4. The molecule has 1 atom stereocenters. The third kappa shape index (κ3) is 14.8. The Kier molecular flexibility index (Phi) is 18.9. The number of aliphatic hydroxyl groups is 2. The fourth-order valence-electron chi connectivity index (χ4n) is 8.50. The lowest BCUT2D eigenvalue weighted by Crippen LogP contribution is -2.52. The number of H-pyrrole nitrogens is 1. The van der Waals surface area contributed by atoms with Crippen molar-refractivity contribution in [1.29, 1.82) is 0 Å². The number of fused-ring (bicyclic) bond motifs is 1. The van der Waals surface area contributed by atoms with Crippen LogP contribution in [0.15, 0.2) is 113 Å². The highest BCUT2D eigenvalue weighted by molar-refractivity contribution is 7.12. The number of esters is 1. The molecule has 8 rings (SSSR count). The first kappa shape index (κ1) is 58.1. The van der Waals surface area contributed by atoms with Crippen molar-refractivity contribution in [2.24, 2.45) is 5.41 Å². The number of hydrogen-bond acceptors (Lipinski definition) is 14. The van der Waals surface area contributed by atoms with Crippen molar-refractivity contribution >= 4 is 74.7 Å². The molecule has 4 heterocycles. The van der Waals surface area contributed by atoms with Crippen molar-refractivity contribution in [2.75, 3.05) is 43.4 Å². The van der Waals surface area contributed by atoms with Gasteiger partial charge >= 0.3 is 30.3 Å². The second-order valence-electron chi connectivity index (χ2n) is 17.9. The number of phenolic OH excluding ortho intramolecular Hbond substituents is 1. The van der Waals surface area contributed by atoms with E-state index in [-0.39, 0.29) is 46.7 Å². The summed E-state index contributed by atoms with van der Waals surface area (Å²) in [5, 5.41) is 57.2. The number of aromatic nitrogens is 1. The molecule has 0 unspecified atom stereocenters. The smallest absolute Gasteiger partial charge is 0.490 e. The molecule has 2 amide bonds. The van der Waals surface area contributed by atoms with Gasteiger partial charge in [-0.2, -0.15) is 26.3 Å². The van der Waals surface area contributed by atoms with Crippen molar-refractivity contribution in [1.82, 2.24) is 15.2 Å². The summed E-state index contributed by atoms with van der Waals surface area (Å²) in [5.41, 5.74) is 1.56. The Hall–Kier alpha value is -7.16. The van der Waals surface area contributed by atoms with Crippen LogP contribution >= 0.6 is 22.7 Å². The highest BCUT2D eigenvalue weighted by atomic mass is 32.1. The van der Waals surface area contributed by atoms with Gasteiger partial charge in [-0.1, -0.05) is 30.3 Å². The fourth-order valence-corrected chi connectivity index (χ4v) is 10.2. The molecule has 8 N–H and O–H groups in total. The first-order valence-electron chi connectivity index (χ1n) is 23.1. The SMILES string of the molecule is CN(C(=O)CCN1CCC2(CC1)CC(OC(=O)C(O)(c1cccs1)c1cccs1)C2)c1ccc(C(=O)Nc2ccc(CNC[C@H](O)c3ccc(O)c4[nH]c(=O)ccc34)cc2)cc1.O=C(O)C(F)(F)F.O=C(O)C(F)(F)F. The highest BCUT2D eigenvalue weighted by Gasteiger charge is 2.51. The molecule has 2 fully saturated rings. The molecule has 406 valence electrons. The number of nitrogens with one attached hydrogen (secondary N) is 3. The number of aliphatic hydroxyl groups excluding tert-OH is 1. The van der Waals surface area contributed by atoms with Crippen LogP contribution in [0.3, 0.4) is 0 Å². The van der Waals surface area contributed by atoms with Crippen LogP contribution in [0.4, 0.5) is 37.7 Å². The molecule has 1 saturated carbocycles. The largest absolute Gasteiger partial charge is 0.506 e. The fraction of sp³-hybridized carbons (Fsp3) is 0.333. The minimum atomic E-state index is -5.08. The van der Waals surface area contributed by atoms with Crippen LogP contribution in [0.25, 0.3) is 10.9 Å². The minimum absolute atomic E-state index is 0.0161. The summed E-state index contributed by atoms with van der Waals surface area (Å²) in [4.78, 5) is 76.8. The predicted octanol–water partition coefficient (Wildman–Crippen LogP) is 7.78.